The summed E-state index contributed by atoms with van der Waals surface area (Å²) in [7, 11) is 0. The van der Waals surface area contributed by atoms with Gasteiger partial charge in [0.05, 0.1) is 4.47 Å². The number of carbonyl (C=O) groups is 2. The van der Waals surface area contributed by atoms with Crippen molar-refractivity contribution >= 4 is 27.7 Å². The fraction of sp³-hybridized carbons (Fsp3) is 0.391. The lowest BCUT2D eigenvalue weighted by molar-refractivity contribution is -0.131. The summed E-state index contributed by atoms with van der Waals surface area (Å²) in [6, 6.07) is 11.6. The largest absolute Gasteiger partial charge is 0.483 e. The van der Waals surface area contributed by atoms with Crippen LogP contribution >= 0.6 is 15.9 Å². The number of hydrogen-bond acceptors (Lipinski definition) is 4. The van der Waals surface area contributed by atoms with Crippen LogP contribution in [0.3, 0.4) is 0 Å². The van der Waals surface area contributed by atoms with Crippen molar-refractivity contribution in [2.24, 2.45) is 0 Å². The van der Waals surface area contributed by atoms with E-state index in [1.54, 1.807) is 0 Å². The van der Waals surface area contributed by atoms with Gasteiger partial charge in [-0.25, -0.2) is 0 Å². The average Bonchev–Trinajstić information content (AvgIpc) is 2.69. The van der Waals surface area contributed by atoms with Gasteiger partial charge in [0.25, 0.3) is 11.8 Å². The van der Waals surface area contributed by atoms with E-state index in [2.05, 4.69) is 54.5 Å². The van der Waals surface area contributed by atoms with E-state index in [1.807, 2.05) is 43.3 Å². The van der Waals surface area contributed by atoms with Crippen molar-refractivity contribution in [3.05, 3.63) is 57.6 Å². The molecule has 2 aromatic carbocycles. The summed E-state index contributed by atoms with van der Waals surface area (Å²) in [5.74, 6) is 0.972. The third-order valence-corrected chi connectivity index (χ3v) is 5.09. The van der Waals surface area contributed by atoms with Gasteiger partial charge in [-0.15, -0.1) is 0 Å². The first kappa shape index (κ1) is 23.7. The van der Waals surface area contributed by atoms with Gasteiger partial charge >= 0.3 is 0 Å². The van der Waals surface area contributed by atoms with Gasteiger partial charge in [-0.2, -0.15) is 0 Å². The Kier molecular flexibility index (Phi) is 8.72. The lowest BCUT2D eigenvalue weighted by Gasteiger charge is -2.15. The summed E-state index contributed by atoms with van der Waals surface area (Å²) < 4.78 is 11.9. The number of hydrogen-bond donors (Lipinski definition) is 2. The van der Waals surface area contributed by atoms with E-state index in [1.165, 1.54) is 5.56 Å². The molecular formula is C23H29BrN2O4. The second kappa shape index (κ2) is 11.0. The molecule has 0 aliphatic rings. The maximum Gasteiger partial charge on any atom is 0.276 e. The molecule has 2 rings (SSSR count). The van der Waals surface area contributed by atoms with E-state index in [-0.39, 0.29) is 19.1 Å². The number of amides is 2. The molecular weight excluding hydrogens is 448 g/mol. The van der Waals surface area contributed by atoms with Gasteiger partial charge < -0.3 is 9.47 Å². The first-order valence-electron chi connectivity index (χ1n) is 9.90. The molecule has 0 saturated carbocycles. The van der Waals surface area contributed by atoms with Crippen molar-refractivity contribution < 1.29 is 19.1 Å². The summed E-state index contributed by atoms with van der Waals surface area (Å²) in [5, 5.41) is 0. The molecule has 0 spiro atoms. The summed E-state index contributed by atoms with van der Waals surface area (Å²) in [6.45, 7) is 9.86. The normalized spacial score (nSPS) is 10.8. The third-order valence-electron chi connectivity index (χ3n) is 4.47. The molecule has 7 heteroatoms. The minimum Gasteiger partial charge on any atom is -0.483 e. The van der Waals surface area contributed by atoms with Crippen LogP contribution in [0, 0.1) is 6.92 Å². The van der Waals surface area contributed by atoms with E-state index >= 15 is 0 Å². The minimum atomic E-state index is -0.471. The zero-order valence-corrected chi connectivity index (χ0v) is 19.6. The Morgan fingerprint density at radius 2 is 1.47 bits per heavy atom. The summed E-state index contributed by atoms with van der Waals surface area (Å²) in [6.07, 6.45) is 0. The molecule has 0 heterocycles. The van der Waals surface area contributed by atoms with Crippen LogP contribution in [0.15, 0.2) is 40.9 Å². The van der Waals surface area contributed by atoms with Crippen molar-refractivity contribution in [1.29, 1.82) is 0 Å². The number of rotatable bonds is 8. The zero-order chi connectivity index (χ0) is 22.3. The van der Waals surface area contributed by atoms with Crippen LogP contribution in [0.5, 0.6) is 11.5 Å². The average molecular weight is 477 g/mol. The van der Waals surface area contributed by atoms with Crippen LogP contribution in [0.1, 0.15) is 56.2 Å². The smallest absolute Gasteiger partial charge is 0.276 e. The molecule has 2 N–H and O–H groups in total. The van der Waals surface area contributed by atoms with Crippen molar-refractivity contribution in [1.82, 2.24) is 10.9 Å². The molecule has 2 amide bonds. The number of halogens is 1. The SMILES string of the molecule is Cc1ccc(C(C)C)c(OCC(=O)NNC(=O)COc2ccc(C(C)C)cc2Br)c1. The molecule has 0 saturated heterocycles. The Morgan fingerprint density at radius 3 is 2.00 bits per heavy atom. The van der Waals surface area contributed by atoms with Crippen molar-refractivity contribution in [3.8, 4) is 11.5 Å². The summed E-state index contributed by atoms with van der Waals surface area (Å²) >= 11 is 3.45. The van der Waals surface area contributed by atoms with Gasteiger partial charge in [0.15, 0.2) is 13.2 Å². The second-order valence-corrected chi connectivity index (χ2v) is 8.57. The minimum absolute atomic E-state index is 0.202. The van der Waals surface area contributed by atoms with Gasteiger partial charge in [0, 0.05) is 0 Å². The van der Waals surface area contributed by atoms with Crippen LogP contribution in [0.25, 0.3) is 0 Å². The van der Waals surface area contributed by atoms with Crippen LogP contribution < -0.4 is 20.3 Å². The highest BCUT2D eigenvalue weighted by atomic mass is 79.9. The van der Waals surface area contributed by atoms with Crippen LogP contribution in [-0.2, 0) is 9.59 Å². The van der Waals surface area contributed by atoms with Crippen molar-refractivity contribution in [2.45, 2.75) is 46.5 Å². The van der Waals surface area contributed by atoms with E-state index in [0.717, 1.165) is 15.6 Å². The lowest BCUT2D eigenvalue weighted by Crippen LogP contribution is -2.45. The molecule has 0 bridgehead atoms. The quantitative estimate of drug-likeness (QED) is 0.545. The highest BCUT2D eigenvalue weighted by Crippen LogP contribution is 2.29. The van der Waals surface area contributed by atoms with Gasteiger partial charge in [0.1, 0.15) is 11.5 Å². The van der Waals surface area contributed by atoms with Gasteiger partial charge in [-0.05, 0) is 69.6 Å². The van der Waals surface area contributed by atoms with Crippen molar-refractivity contribution in [2.75, 3.05) is 13.2 Å². The first-order valence-corrected chi connectivity index (χ1v) is 10.7. The standard InChI is InChI=1S/C23H29BrN2O4/c1-14(2)17-7-9-20(19(24)11-17)29-12-22(27)25-26-23(28)13-30-21-10-16(5)6-8-18(21)15(3)4/h6-11,14-15H,12-13H2,1-5H3,(H,25,27)(H,26,28). The van der Waals surface area contributed by atoms with E-state index in [0.29, 0.717) is 17.4 Å². The predicted octanol–water partition coefficient (Wildman–Crippen LogP) is 4.61. The topological polar surface area (TPSA) is 76.7 Å². The van der Waals surface area contributed by atoms with E-state index in [9.17, 15) is 9.59 Å². The maximum atomic E-state index is 12.0. The van der Waals surface area contributed by atoms with Crippen LogP contribution in [0.2, 0.25) is 0 Å². The number of benzene rings is 2. The van der Waals surface area contributed by atoms with Gasteiger partial charge in [-0.3, -0.25) is 20.4 Å². The van der Waals surface area contributed by atoms with Crippen LogP contribution in [0.4, 0.5) is 0 Å². The number of carbonyl (C=O) groups excluding carboxylic acids is 2. The zero-order valence-electron chi connectivity index (χ0n) is 18.0. The summed E-state index contributed by atoms with van der Waals surface area (Å²) in [4.78, 5) is 24.0. The summed E-state index contributed by atoms with van der Waals surface area (Å²) in [5.41, 5.74) is 7.91. The second-order valence-electron chi connectivity index (χ2n) is 7.71. The molecule has 0 atom stereocenters. The number of ether oxygens (including phenoxy) is 2. The highest BCUT2D eigenvalue weighted by Gasteiger charge is 2.12. The molecule has 0 aromatic heterocycles. The van der Waals surface area contributed by atoms with E-state index in [4.69, 9.17) is 9.47 Å². The molecule has 0 aliphatic heterocycles. The third kappa shape index (κ3) is 7.06. The Balaban J connectivity index is 1.79. The molecule has 0 aliphatic carbocycles. The number of hydrazine groups is 1. The fourth-order valence-corrected chi connectivity index (χ4v) is 3.25. The molecule has 2 aromatic rings. The number of aryl methyl sites for hydroxylation is 1. The Hall–Kier alpha value is -2.54. The molecule has 0 fully saturated rings. The van der Waals surface area contributed by atoms with Crippen LogP contribution in [-0.4, -0.2) is 25.0 Å². The first-order chi connectivity index (χ1) is 14.2. The monoisotopic (exact) mass is 476 g/mol. The molecule has 30 heavy (non-hydrogen) atoms. The van der Waals surface area contributed by atoms with Crippen molar-refractivity contribution in [3.63, 3.8) is 0 Å². The van der Waals surface area contributed by atoms with E-state index < -0.39 is 11.8 Å². The Morgan fingerprint density at radius 1 is 0.867 bits per heavy atom. The van der Waals surface area contributed by atoms with Gasteiger partial charge in [0.2, 0.25) is 0 Å². The molecule has 0 unspecified atom stereocenters. The van der Waals surface area contributed by atoms with Gasteiger partial charge in [-0.1, -0.05) is 45.9 Å². The maximum absolute atomic E-state index is 12.0. The predicted molar refractivity (Wildman–Crippen MR) is 121 cm³/mol. The number of nitrogens with one attached hydrogen (secondary N) is 2. The molecule has 162 valence electrons. The fourth-order valence-electron chi connectivity index (χ4n) is 2.74. The highest BCUT2D eigenvalue weighted by molar-refractivity contribution is 9.10. The Bertz CT molecular complexity index is 897. The molecule has 0 radical (unpaired) electrons. The Labute approximate surface area is 186 Å². The lowest BCUT2D eigenvalue weighted by atomic mass is 10.0. The molecule has 6 nitrogen and oxygen atoms in total.